The van der Waals surface area contributed by atoms with Gasteiger partial charge >= 0.3 is 0 Å². The van der Waals surface area contributed by atoms with E-state index in [4.69, 9.17) is 0 Å². The molecule has 0 aromatic heterocycles. The summed E-state index contributed by atoms with van der Waals surface area (Å²) in [6.07, 6.45) is 3.87. The first-order valence-electron chi connectivity index (χ1n) is 5.17. The van der Waals surface area contributed by atoms with Crippen LogP contribution in [0, 0.1) is 0 Å². The molecule has 1 aliphatic carbocycles. The summed E-state index contributed by atoms with van der Waals surface area (Å²) >= 11 is 0. The number of halogens is 1. The molecule has 0 spiro atoms. The molecule has 1 aromatic carbocycles. The number of likely N-dealkylation sites (N-methyl/N-ethyl adjacent to an activating group) is 1. The van der Waals surface area contributed by atoms with Crippen LogP contribution in [0.4, 0.5) is 0 Å². The molecule has 3 rings (SSSR count). The standard InChI is InChI=1S/C12H15N.ClH/c1-13-8-7-10-4-2-3-9-5-6-11(13)12(9)10;/h2-4,11H,5-8H2,1H3;1H. The highest BCUT2D eigenvalue weighted by molar-refractivity contribution is 5.85. The fourth-order valence-electron chi connectivity index (χ4n) is 2.86. The maximum Gasteiger partial charge on any atom is 0.0353 e. The highest BCUT2D eigenvalue weighted by Gasteiger charge is 2.30. The predicted octanol–water partition coefficient (Wildman–Crippen LogP) is 2.58. The Morgan fingerprint density at radius 3 is 2.71 bits per heavy atom. The van der Waals surface area contributed by atoms with Crippen molar-refractivity contribution >= 4 is 12.4 Å². The molecule has 0 fully saturated rings. The molecule has 0 saturated heterocycles. The molecule has 76 valence electrons. The van der Waals surface area contributed by atoms with Crippen molar-refractivity contribution in [2.75, 3.05) is 13.6 Å². The van der Waals surface area contributed by atoms with Gasteiger partial charge in [-0.3, -0.25) is 4.90 Å². The number of nitrogens with zero attached hydrogens (tertiary/aromatic N) is 1. The zero-order valence-electron chi connectivity index (χ0n) is 8.49. The first-order chi connectivity index (χ1) is 6.36. The number of rotatable bonds is 0. The predicted molar refractivity (Wildman–Crippen MR) is 61.1 cm³/mol. The number of benzene rings is 1. The lowest BCUT2D eigenvalue weighted by Crippen LogP contribution is -2.30. The molecule has 0 saturated carbocycles. The van der Waals surface area contributed by atoms with Crippen LogP contribution in [-0.2, 0) is 12.8 Å². The molecule has 2 aliphatic rings. The van der Waals surface area contributed by atoms with Crippen LogP contribution in [0.25, 0.3) is 0 Å². The van der Waals surface area contributed by atoms with Gasteiger partial charge in [0.15, 0.2) is 0 Å². The third-order valence-electron chi connectivity index (χ3n) is 3.57. The van der Waals surface area contributed by atoms with E-state index in [1.54, 1.807) is 16.7 Å². The number of hydrogen-bond acceptors (Lipinski definition) is 1. The average molecular weight is 210 g/mol. The maximum atomic E-state index is 2.51. The highest BCUT2D eigenvalue weighted by Crippen LogP contribution is 2.40. The molecule has 1 nitrogen and oxygen atoms in total. The molecular formula is C12H16ClN. The van der Waals surface area contributed by atoms with Crippen LogP contribution in [0.1, 0.15) is 29.2 Å². The monoisotopic (exact) mass is 209 g/mol. The summed E-state index contributed by atoms with van der Waals surface area (Å²) in [6.45, 7) is 1.24. The van der Waals surface area contributed by atoms with Crippen molar-refractivity contribution in [1.82, 2.24) is 4.90 Å². The molecule has 14 heavy (non-hydrogen) atoms. The van der Waals surface area contributed by atoms with E-state index in [9.17, 15) is 0 Å². The molecular weight excluding hydrogens is 194 g/mol. The smallest absolute Gasteiger partial charge is 0.0353 e. The second kappa shape index (κ2) is 3.56. The Hall–Kier alpha value is -0.530. The van der Waals surface area contributed by atoms with E-state index in [2.05, 4.69) is 30.1 Å². The first-order valence-corrected chi connectivity index (χ1v) is 5.17. The second-order valence-corrected chi connectivity index (χ2v) is 4.28. The lowest BCUT2D eigenvalue weighted by molar-refractivity contribution is 0.232. The normalized spacial score (nSPS) is 24.2. The van der Waals surface area contributed by atoms with Gasteiger partial charge in [0.1, 0.15) is 0 Å². The third kappa shape index (κ3) is 1.27. The summed E-state index contributed by atoms with van der Waals surface area (Å²) in [4.78, 5) is 2.51. The van der Waals surface area contributed by atoms with Crippen LogP contribution in [-0.4, -0.2) is 18.5 Å². The van der Waals surface area contributed by atoms with Gasteiger partial charge in [-0.25, -0.2) is 0 Å². The molecule has 1 aromatic rings. The Morgan fingerprint density at radius 1 is 1.21 bits per heavy atom. The van der Waals surface area contributed by atoms with Crippen LogP contribution in [0.3, 0.4) is 0 Å². The van der Waals surface area contributed by atoms with Gasteiger partial charge in [-0.2, -0.15) is 0 Å². The minimum Gasteiger partial charge on any atom is -0.299 e. The first kappa shape index (κ1) is 10.0. The molecule has 1 aliphatic heterocycles. The fourth-order valence-corrected chi connectivity index (χ4v) is 2.86. The minimum absolute atomic E-state index is 0. The van der Waals surface area contributed by atoms with Gasteiger partial charge in [-0.1, -0.05) is 18.2 Å². The Balaban J connectivity index is 0.000000750. The van der Waals surface area contributed by atoms with Crippen molar-refractivity contribution in [3.63, 3.8) is 0 Å². The average Bonchev–Trinajstić information content (AvgIpc) is 2.57. The van der Waals surface area contributed by atoms with Gasteiger partial charge in [0, 0.05) is 12.6 Å². The Kier molecular flexibility index (Phi) is 2.54. The van der Waals surface area contributed by atoms with Gasteiger partial charge in [0.25, 0.3) is 0 Å². The number of hydrogen-bond donors (Lipinski definition) is 0. The van der Waals surface area contributed by atoms with Crippen LogP contribution in [0.15, 0.2) is 18.2 Å². The molecule has 0 radical (unpaired) electrons. The van der Waals surface area contributed by atoms with Crippen molar-refractivity contribution in [2.45, 2.75) is 25.3 Å². The third-order valence-corrected chi connectivity index (χ3v) is 3.57. The Bertz CT molecular complexity index is 348. The topological polar surface area (TPSA) is 3.24 Å². The number of aryl methyl sites for hydroxylation is 1. The lowest BCUT2D eigenvalue weighted by Gasteiger charge is -2.31. The van der Waals surface area contributed by atoms with Crippen LogP contribution < -0.4 is 0 Å². The molecule has 0 N–H and O–H groups in total. The Morgan fingerprint density at radius 2 is 1.93 bits per heavy atom. The van der Waals surface area contributed by atoms with E-state index in [1.807, 2.05) is 0 Å². The van der Waals surface area contributed by atoms with E-state index >= 15 is 0 Å². The van der Waals surface area contributed by atoms with Gasteiger partial charge in [-0.15, -0.1) is 12.4 Å². The molecule has 2 heteroatoms. The molecule has 1 heterocycles. The van der Waals surface area contributed by atoms with Crippen LogP contribution in [0.2, 0.25) is 0 Å². The highest BCUT2D eigenvalue weighted by atomic mass is 35.5. The molecule has 1 unspecified atom stereocenters. The zero-order valence-corrected chi connectivity index (χ0v) is 9.31. The summed E-state index contributed by atoms with van der Waals surface area (Å²) in [7, 11) is 2.26. The summed E-state index contributed by atoms with van der Waals surface area (Å²) < 4.78 is 0. The molecule has 0 bridgehead atoms. The summed E-state index contributed by atoms with van der Waals surface area (Å²) in [6, 6.07) is 7.57. The van der Waals surface area contributed by atoms with Crippen molar-refractivity contribution < 1.29 is 0 Å². The summed E-state index contributed by atoms with van der Waals surface area (Å²) in [5, 5.41) is 0. The van der Waals surface area contributed by atoms with Crippen molar-refractivity contribution in [3.8, 4) is 0 Å². The van der Waals surface area contributed by atoms with Gasteiger partial charge in [0.05, 0.1) is 0 Å². The van der Waals surface area contributed by atoms with E-state index in [-0.39, 0.29) is 12.4 Å². The fraction of sp³-hybridized carbons (Fsp3) is 0.500. The quantitative estimate of drug-likeness (QED) is 0.635. The van der Waals surface area contributed by atoms with Gasteiger partial charge in [0.2, 0.25) is 0 Å². The van der Waals surface area contributed by atoms with E-state index < -0.39 is 0 Å². The van der Waals surface area contributed by atoms with Crippen molar-refractivity contribution in [1.29, 1.82) is 0 Å². The van der Waals surface area contributed by atoms with Crippen LogP contribution in [0.5, 0.6) is 0 Å². The van der Waals surface area contributed by atoms with Gasteiger partial charge in [-0.05, 0) is 43.0 Å². The molecule has 1 atom stereocenters. The summed E-state index contributed by atoms with van der Waals surface area (Å²) in [5.41, 5.74) is 4.88. The minimum atomic E-state index is 0. The SMILES string of the molecule is CN1CCc2cccc3c2C1CC3.Cl. The summed E-state index contributed by atoms with van der Waals surface area (Å²) in [5.74, 6) is 0. The van der Waals surface area contributed by atoms with Gasteiger partial charge < -0.3 is 0 Å². The second-order valence-electron chi connectivity index (χ2n) is 4.28. The Labute approximate surface area is 91.5 Å². The van der Waals surface area contributed by atoms with Crippen LogP contribution >= 0.6 is 12.4 Å². The zero-order chi connectivity index (χ0) is 8.84. The maximum absolute atomic E-state index is 2.51. The molecule has 0 amide bonds. The van der Waals surface area contributed by atoms with E-state index in [0.29, 0.717) is 0 Å². The van der Waals surface area contributed by atoms with Crippen molar-refractivity contribution in [2.24, 2.45) is 0 Å². The van der Waals surface area contributed by atoms with E-state index in [0.717, 1.165) is 6.04 Å². The van der Waals surface area contributed by atoms with E-state index in [1.165, 1.54) is 25.8 Å². The lowest BCUT2D eigenvalue weighted by atomic mass is 9.94. The van der Waals surface area contributed by atoms with Crippen molar-refractivity contribution in [3.05, 3.63) is 34.9 Å². The largest absolute Gasteiger partial charge is 0.299 e.